The van der Waals surface area contributed by atoms with Crippen LogP contribution in [0.15, 0.2) is 107 Å². The first-order chi connectivity index (χ1) is 20.8. The highest BCUT2D eigenvalue weighted by molar-refractivity contribution is 5.73. The van der Waals surface area contributed by atoms with Gasteiger partial charge in [0.1, 0.15) is 33.9 Å². The summed E-state index contributed by atoms with van der Waals surface area (Å²) >= 11 is 0. The fourth-order valence-corrected chi connectivity index (χ4v) is 6.38. The van der Waals surface area contributed by atoms with E-state index in [4.69, 9.17) is 43.3 Å². The Morgan fingerprint density at radius 1 is 0.738 bits per heavy atom. The molecule has 0 aliphatic carbocycles. The van der Waals surface area contributed by atoms with Crippen molar-refractivity contribution in [2.24, 2.45) is 0 Å². The van der Waals surface area contributed by atoms with Crippen molar-refractivity contribution in [3.8, 4) is 11.5 Å². The predicted octanol–water partition coefficient (Wildman–Crippen LogP) is 4.57. The van der Waals surface area contributed by atoms with E-state index in [1.807, 2.05) is 42.5 Å². The van der Waals surface area contributed by atoms with Crippen LogP contribution in [0.3, 0.4) is 0 Å². The Morgan fingerprint density at radius 3 is 2.50 bits per heavy atom. The lowest BCUT2D eigenvalue weighted by Crippen LogP contribution is -2.61. The minimum Gasteiger partial charge on any atom is -0.485 e. The Morgan fingerprint density at radius 2 is 1.57 bits per heavy atom. The summed E-state index contributed by atoms with van der Waals surface area (Å²) in [6.45, 7) is 0. The lowest BCUT2D eigenvalue weighted by atomic mass is 9.63. The number of pyridine rings is 1. The van der Waals surface area contributed by atoms with Crippen LogP contribution >= 0.6 is 0 Å². The molecule has 8 heterocycles. The zero-order valence-electron chi connectivity index (χ0n) is 21.8. The predicted molar refractivity (Wildman–Crippen MR) is 147 cm³/mol. The zero-order valence-corrected chi connectivity index (χ0v) is 21.8. The standard InChI is InChI=1S/C31H19N7O4/c1-2-6-21-18(5-1)15-26(41-21)31(24-16-23-19(37-38-24)8-13-39-23)30(29-33-11-4-12-34-29,27-22(42-31)7-3-10-32-27)25-17-35-28-20(36-25)9-14-40-28/h1-14,16-17,26H,15H2. The SMILES string of the molecule is c1cnc(C2(c3cnc4occc4n3)c3ncccc3OC2(c2cc3occc3nn2)C2Cc3ccccc3O2)nc1. The first kappa shape index (κ1) is 23.0. The largest absolute Gasteiger partial charge is 0.485 e. The summed E-state index contributed by atoms with van der Waals surface area (Å²) < 4.78 is 25.3. The fraction of sp³-hybridized carbons (Fsp3) is 0.129. The van der Waals surface area contributed by atoms with Crippen molar-refractivity contribution in [3.05, 3.63) is 126 Å². The second-order valence-electron chi connectivity index (χ2n) is 10.2. The van der Waals surface area contributed by atoms with Gasteiger partial charge < -0.3 is 18.3 Å². The van der Waals surface area contributed by atoms with Crippen LogP contribution in [-0.4, -0.2) is 41.2 Å². The smallest absolute Gasteiger partial charge is 0.245 e. The van der Waals surface area contributed by atoms with Crippen LogP contribution in [0.25, 0.3) is 22.3 Å². The molecule has 6 aromatic heterocycles. The summed E-state index contributed by atoms with van der Waals surface area (Å²) in [6, 6.07) is 18.7. The molecule has 7 aromatic rings. The summed E-state index contributed by atoms with van der Waals surface area (Å²) in [7, 11) is 0. The second kappa shape index (κ2) is 8.40. The lowest BCUT2D eigenvalue weighted by Gasteiger charge is -2.44. The summed E-state index contributed by atoms with van der Waals surface area (Å²) in [5, 5.41) is 9.27. The average molecular weight is 554 g/mol. The van der Waals surface area contributed by atoms with Gasteiger partial charge in [0.05, 0.1) is 24.4 Å². The number of ether oxygens (including phenoxy) is 2. The maximum absolute atomic E-state index is 7.14. The number of aromatic nitrogens is 7. The summed E-state index contributed by atoms with van der Waals surface area (Å²) in [5.74, 6) is 1.65. The van der Waals surface area contributed by atoms with Gasteiger partial charge in [-0.05, 0) is 29.8 Å². The molecule has 3 unspecified atom stereocenters. The van der Waals surface area contributed by atoms with E-state index in [0.717, 1.165) is 11.3 Å². The van der Waals surface area contributed by atoms with Crippen LogP contribution in [-0.2, 0) is 17.4 Å². The molecule has 0 fully saturated rings. The number of fused-ring (bicyclic) bond motifs is 4. The summed E-state index contributed by atoms with van der Waals surface area (Å²) in [5.41, 5.74) is 1.76. The van der Waals surface area contributed by atoms with Crippen molar-refractivity contribution in [2.75, 3.05) is 0 Å². The quantitative estimate of drug-likeness (QED) is 0.303. The van der Waals surface area contributed by atoms with E-state index < -0.39 is 17.1 Å². The Kier molecular flexibility index (Phi) is 4.61. The van der Waals surface area contributed by atoms with Crippen molar-refractivity contribution >= 4 is 22.3 Å². The van der Waals surface area contributed by atoms with Crippen LogP contribution in [0.1, 0.15) is 28.5 Å². The molecule has 0 spiro atoms. The van der Waals surface area contributed by atoms with Crippen LogP contribution in [0.4, 0.5) is 0 Å². The Labute approximate surface area is 237 Å². The molecule has 0 saturated heterocycles. The van der Waals surface area contributed by atoms with Gasteiger partial charge in [0.15, 0.2) is 22.9 Å². The number of nitrogens with zero attached hydrogens (tertiary/aromatic N) is 7. The Hall–Kier alpha value is -5.71. The minimum atomic E-state index is -1.47. The molecule has 3 atom stereocenters. The van der Waals surface area contributed by atoms with Gasteiger partial charge >= 0.3 is 0 Å². The molecule has 0 saturated carbocycles. The second-order valence-corrected chi connectivity index (χ2v) is 10.2. The number of hydrogen-bond acceptors (Lipinski definition) is 11. The molecule has 1 aromatic carbocycles. The van der Waals surface area contributed by atoms with E-state index in [1.54, 1.807) is 55.5 Å². The van der Waals surface area contributed by atoms with Gasteiger partial charge in [0, 0.05) is 43.2 Å². The number of hydrogen-bond donors (Lipinski definition) is 0. The molecule has 9 rings (SSSR count). The third-order valence-corrected chi connectivity index (χ3v) is 8.10. The first-order valence-corrected chi connectivity index (χ1v) is 13.4. The van der Waals surface area contributed by atoms with E-state index in [2.05, 4.69) is 10.1 Å². The van der Waals surface area contributed by atoms with Crippen LogP contribution in [0.2, 0.25) is 0 Å². The minimum absolute atomic E-state index is 0.389. The van der Waals surface area contributed by atoms with E-state index >= 15 is 0 Å². The maximum atomic E-state index is 7.14. The van der Waals surface area contributed by atoms with E-state index in [9.17, 15) is 0 Å². The molecule has 42 heavy (non-hydrogen) atoms. The van der Waals surface area contributed by atoms with Crippen LogP contribution in [0, 0.1) is 0 Å². The number of para-hydroxylation sites is 1. The normalized spacial score (nSPS) is 22.5. The van der Waals surface area contributed by atoms with Gasteiger partial charge in [-0.15, -0.1) is 5.10 Å². The highest BCUT2D eigenvalue weighted by Gasteiger charge is 2.73. The van der Waals surface area contributed by atoms with Gasteiger partial charge in [-0.3, -0.25) is 4.98 Å². The van der Waals surface area contributed by atoms with Gasteiger partial charge in [-0.2, -0.15) is 5.10 Å². The van der Waals surface area contributed by atoms with Crippen molar-refractivity contribution in [1.82, 2.24) is 35.1 Å². The third-order valence-electron chi connectivity index (χ3n) is 8.10. The molecule has 11 heteroatoms. The zero-order chi connectivity index (χ0) is 27.7. The molecule has 0 N–H and O–H groups in total. The fourth-order valence-electron chi connectivity index (χ4n) is 6.38. The van der Waals surface area contributed by atoms with E-state index in [-0.39, 0.29) is 0 Å². The van der Waals surface area contributed by atoms with Crippen LogP contribution < -0.4 is 9.47 Å². The highest BCUT2D eigenvalue weighted by Crippen LogP contribution is 2.62. The summed E-state index contributed by atoms with van der Waals surface area (Å²) in [6.07, 6.45) is 9.73. The van der Waals surface area contributed by atoms with E-state index in [0.29, 0.717) is 57.4 Å². The van der Waals surface area contributed by atoms with Gasteiger partial charge in [0.25, 0.3) is 0 Å². The Balaban J connectivity index is 1.44. The molecule has 2 aliphatic heterocycles. The molecule has 2 aliphatic rings. The van der Waals surface area contributed by atoms with Crippen molar-refractivity contribution in [2.45, 2.75) is 23.5 Å². The average Bonchev–Trinajstić information content (AvgIpc) is 3.84. The van der Waals surface area contributed by atoms with Crippen molar-refractivity contribution in [3.63, 3.8) is 0 Å². The van der Waals surface area contributed by atoms with Crippen molar-refractivity contribution in [1.29, 1.82) is 0 Å². The van der Waals surface area contributed by atoms with E-state index in [1.165, 1.54) is 0 Å². The topological polar surface area (TPSA) is 135 Å². The molecule has 0 radical (unpaired) electrons. The van der Waals surface area contributed by atoms with Gasteiger partial charge in [-0.25, -0.2) is 19.9 Å². The van der Waals surface area contributed by atoms with Crippen LogP contribution in [0.5, 0.6) is 11.5 Å². The highest BCUT2D eigenvalue weighted by atomic mass is 16.6. The Bertz CT molecular complexity index is 2110. The number of rotatable bonds is 4. The first-order valence-electron chi connectivity index (χ1n) is 13.4. The lowest BCUT2D eigenvalue weighted by molar-refractivity contribution is -0.0590. The number of benzene rings is 1. The summed E-state index contributed by atoms with van der Waals surface area (Å²) in [4.78, 5) is 24.3. The van der Waals surface area contributed by atoms with Crippen molar-refractivity contribution < 1.29 is 18.3 Å². The molecule has 0 bridgehead atoms. The number of furan rings is 2. The molecule has 0 amide bonds. The monoisotopic (exact) mass is 553 g/mol. The molecule has 11 nitrogen and oxygen atoms in total. The maximum Gasteiger partial charge on any atom is 0.245 e. The van der Waals surface area contributed by atoms with Gasteiger partial charge in [0.2, 0.25) is 11.3 Å². The molecular formula is C31H19N7O4. The third kappa shape index (κ3) is 2.91. The van der Waals surface area contributed by atoms with Gasteiger partial charge in [-0.1, -0.05) is 18.2 Å². The molecular weight excluding hydrogens is 534 g/mol. The molecule has 202 valence electrons.